The van der Waals surface area contributed by atoms with Crippen LogP contribution in [0.15, 0.2) is 78.2 Å². The number of aryl methyl sites for hydroxylation is 1. The first-order chi connectivity index (χ1) is 13.3. The van der Waals surface area contributed by atoms with Crippen LogP contribution in [0.2, 0.25) is 0 Å². The Balaban J connectivity index is 1.33. The van der Waals surface area contributed by atoms with E-state index in [0.29, 0.717) is 18.1 Å². The maximum atomic E-state index is 5.95. The SMILES string of the molecule is c1ccc(Oc2ccc3c(c2)CC[C@@]32CC(Oc3cccnc3)=NO2)cc1. The van der Waals surface area contributed by atoms with E-state index in [1.807, 2.05) is 48.5 Å². The van der Waals surface area contributed by atoms with Gasteiger partial charge in [-0.3, -0.25) is 4.98 Å². The number of aromatic nitrogens is 1. The van der Waals surface area contributed by atoms with Crippen molar-refractivity contribution >= 4 is 5.90 Å². The summed E-state index contributed by atoms with van der Waals surface area (Å²) in [5.41, 5.74) is 1.97. The monoisotopic (exact) mass is 358 g/mol. The number of pyridine rings is 1. The van der Waals surface area contributed by atoms with E-state index in [-0.39, 0.29) is 0 Å². The van der Waals surface area contributed by atoms with Crippen LogP contribution in [0, 0.1) is 0 Å². The molecule has 0 bridgehead atoms. The smallest absolute Gasteiger partial charge is 0.235 e. The summed E-state index contributed by atoms with van der Waals surface area (Å²) in [4.78, 5) is 9.93. The summed E-state index contributed by atoms with van der Waals surface area (Å²) >= 11 is 0. The van der Waals surface area contributed by atoms with Gasteiger partial charge in [0.25, 0.3) is 0 Å². The van der Waals surface area contributed by atoms with Gasteiger partial charge in [0.05, 0.1) is 12.6 Å². The van der Waals surface area contributed by atoms with E-state index in [1.165, 1.54) is 5.56 Å². The van der Waals surface area contributed by atoms with Crippen LogP contribution in [0.25, 0.3) is 0 Å². The summed E-state index contributed by atoms with van der Waals surface area (Å²) in [5.74, 6) is 2.92. The maximum absolute atomic E-state index is 5.95. The molecule has 0 saturated heterocycles. The van der Waals surface area contributed by atoms with Crippen LogP contribution >= 0.6 is 0 Å². The molecule has 134 valence electrons. The molecule has 3 aromatic rings. The van der Waals surface area contributed by atoms with Crippen LogP contribution in [0.5, 0.6) is 17.2 Å². The van der Waals surface area contributed by atoms with Gasteiger partial charge in [-0.25, -0.2) is 0 Å². The van der Waals surface area contributed by atoms with Crippen LogP contribution in [-0.2, 0) is 16.9 Å². The third kappa shape index (κ3) is 3.01. The molecule has 0 unspecified atom stereocenters. The first-order valence-electron chi connectivity index (χ1n) is 9.00. The largest absolute Gasteiger partial charge is 0.457 e. The molecule has 2 aromatic carbocycles. The third-order valence-electron chi connectivity index (χ3n) is 4.97. The van der Waals surface area contributed by atoms with Crippen molar-refractivity contribution in [2.75, 3.05) is 0 Å². The molecule has 2 heterocycles. The highest BCUT2D eigenvalue weighted by Crippen LogP contribution is 2.47. The summed E-state index contributed by atoms with van der Waals surface area (Å²) in [6, 6.07) is 19.7. The van der Waals surface area contributed by atoms with Crippen LogP contribution in [0.3, 0.4) is 0 Å². The second kappa shape index (κ2) is 6.43. The maximum Gasteiger partial charge on any atom is 0.235 e. The highest BCUT2D eigenvalue weighted by atomic mass is 16.7. The first kappa shape index (κ1) is 15.9. The fourth-order valence-electron chi connectivity index (χ4n) is 3.70. The summed E-state index contributed by atoms with van der Waals surface area (Å²) in [7, 11) is 0. The second-order valence-corrected chi connectivity index (χ2v) is 6.77. The molecule has 5 heteroatoms. The number of rotatable bonds is 3. The molecule has 1 aliphatic heterocycles. The number of ether oxygens (including phenoxy) is 2. The lowest BCUT2D eigenvalue weighted by atomic mass is 9.92. The van der Waals surface area contributed by atoms with Crippen molar-refractivity contribution in [2.24, 2.45) is 5.16 Å². The Morgan fingerprint density at radius 2 is 1.78 bits per heavy atom. The summed E-state index contributed by atoms with van der Waals surface area (Å²) in [5, 5.41) is 4.19. The van der Waals surface area contributed by atoms with E-state index >= 15 is 0 Å². The topological polar surface area (TPSA) is 52.9 Å². The minimum absolute atomic E-state index is 0.432. The van der Waals surface area contributed by atoms with Gasteiger partial charge in [-0.2, -0.15) is 0 Å². The minimum Gasteiger partial charge on any atom is -0.457 e. The molecule has 1 atom stereocenters. The predicted molar refractivity (Wildman–Crippen MR) is 101 cm³/mol. The van der Waals surface area contributed by atoms with Gasteiger partial charge in [-0.1, -0.05) is 29.4 Å². The normalized spacial score (nSPS) is 20.1. The molecular weight excluding hydrogens is 340 g/mol. The molecular formula is C22H18N2O3. The van der Waals surface area contributed by atoms with Crippen LogP contribution in [0.4, 0.5) is 0 Å². The van der Waals surface area contributed by atoms with Gasteiger partial charge in [-0.15, -0.1) is 0 Å². The quantitative estimate of drug-likeness (QED) is 0.673. The molecule has 1 aliphatic carbocycles. The van der Waals surface area contributed by atoms with Crippen molar-refractivity contribution in [3.05, 3.63) is 84.2 Å². The lowest BCUT2D eigenvalue weighted by Crippen LogP contribution is -2.24. The number of nitrogens with zero attached hydrogens (tertiary/aromatic N) is 2. The average molecular weight is 358 g/mol. The lowest BCUT2D eigenvalue weighted by Gasteiger charge is -2.21. The van der Waals surface area contributed by atoms with Gasteiger partial charge < -0.3 is 14.3 Å². The Bertz CT molecular complexity index is 989. The number of hydrogen-bond donors (Lipinski definition) is 0. The fraction of sp³-hybridized carbons (Fsp3) is 0.182. The van der Waals surface area contributed by atoms with Gasteiger partial charge in [0.2, 0.25) is 5.90 Å². The third-order valence-corrected chi connectivity index (χ3v) is 4.97. The first-order valence-corrected chi connectivity index (χ1v) is 9.00. The van der Waals surface area contributed by atoms with Gasteiger partial charge in [-0.05, 0) is 54.8 Å². The number of hydrogen-bond acceptors (Lipinski definition) is 5. The highest BCUT2D eigenvalue weighted by Gasteiger charge is 2.47. The standard InChI is InChI=1S/C22H18N2O3/c1-2-5-17(6-3-1)25-18-8-9-20-16(13-18)10-11-22(20)14-21(24-27-22)26-19-7-4-12-23-15-19/h1-9,12-13,15H,10-11,14H2/t22-/m1/s1. The second-order valence-electron chi connectivity index (χ2n) is 6.77. The Labute approximate surface area is 157 Å². The molecule has 1 spiro atoms. The zero-order valence-electron chi connectivity index (χ0n) is 14.7. The van der Waals surface area contributed by atoms with Crippen molar-refractivity contribution in [3.8, 4) is 17.2 Å². The predicted octanol–water partition coefficient (Wildman–Crippen LogP) is 4.83. The van der Waals surface area contributed by atoms with Crippen molar-refractivity contribution in [3.63, 3.8) is 0 Å². The highest BCUT2D eigenvalue weighted by molar-refractivity contribution is 5.81. The van der Waals surface area contributed by atoms with Gasteiger partial charge in [0, 0.05) is 11.8 Å². The molecule has 27 heavy (non-hydrogen) atoms. The van der Waals surface area contributed by atoms with Crippen molar-refractivity contribution < 1.29 is 14.3 Å². The summed E-state index contributed by atoms with van der Waals surface area (Å²) in [6.45, 7) is 0. The molecule has 0 radical (unpaired) electrons. The Hall–Kier alpha value is -3.34. The molecule has 2 aliphatic rings. The Morgan fingerprint density at radius 3 is 2.63 bits per heavy atom. The molecule has 0 N–H and O–H groups in total. The van der Waals surface area contributed by atoms with Crippen LogP contribution in [0.1, 0.15) is 24.0 Å². The molecule has 0 saturated carbocycles. The van der Waals surface area contributed by atoms with E-state index < -0.39 is 5.60 Å². The van der Waals surface area contributed by atoms with Gasteiger partial charge >= 0.3 is 0 Å². The van der Waals surface area contributed by atoms with E-state index in [9.17, 15) is 0 Å². The van der Waals surface area contributed by atoms with Crippen molar-refractivity contribution in [1.82, 2.24) is 4.98 Å². The van der Waals surface area contributed by atoms with Crippen LogP contribution in [-0.4, -0.2) is 10.9 Å². The van der Waals surface area contributed by atoms with Crippen molar-refractivity contribution in [2.45, 2.75) is 24.9 Å². The number of oxime groups is 1. The van der Waals surface area contributed by atoms with Gasteiger partial charge in [0.15, 0.2) is 5.60 Å². The van der Waals surface area contributed by atoms with E-state index in [1.54, 1.807) is 12.4 Å². The Kier molecular flexibility index (Phi) is 3.78. The molecule has 5 nitrogen and oxygen atoms in total. The average Bonchev–Trinajstić information content (AvgIpc) is 3.28. The van der Waals surface area contributed by atoms with Gasteiger partial charge in [0.1, 0.15) is 17.2 Å². The summed E-state index contributed by atoms with van der Waals surface area (Å²) in [6.07, 6.45) is 5.80. The van der Waals surface area contributed by atoms with E-state index in [2.05, 4.69) is 22.3 Å². The number of para-hydroxylation sites is 1. The lowest BCUT2D eigenvalue weighted by molar-refractivity contribution is -0.0215. The minimum atomic E-state index is -0.432. The van der Waals surface area contributed by atoms with E-state index in [4.69, 9.17) is 14.3 Å². The zero-order chi connectivity index (χ0) is 18.1. The number of fused-ring (bicyclic) bond motifs is 2. The Morgan fingerprint density at radius 1 is 0.889 bits per heavy atom. The number of benzene rings is 2. The molecule has 5 rings (SSSR count). The van der Waals surface area contributed by atoms with Crippen molar-refractivity contribution in [1.29, 1.82) is 0 Å². The fourth-order valence-corrected chi connectivity index (χ4v) is 3.70. The zero-order valence-corrected chi connectivity index (χ0v) is 14.7. The van der Waals surface area contributed by atoms with E-state index in [0.717, 1.165) is 29.9 Å². The molecule has 0 amide bonds. The summed E-state index contributed by atoms with van der Waals surface area (Å²) < 4.78 is 11.8. The van der Waals surface area contributed by atoms with Crippen LogP contribution < -0.4 is 9.47 Å². The molecule has 0 fully saturated rings. The molecule has 1 aromatic heterocycles.